The molecule has 1 amide bonds. The number of amides is 1. The molecule has 0 spiro atoms. The number of piperidine rings is 1. The Bertz CT molecular complexity index is 697. The van der Waals surface area contributed by atoms with Crippen molar-refractivity contribution in [3.8, 4) is 5.75 Å². The first-order chi connectivity index (χ1) is 12.7. The molecule has 3 rings (SSSR count). The van der Waals surface area contributed by atoms with Gasteiger partial charge < -0.3 is 14.4 Å². The molecule has 0 unspecified atom stereocenters. The highest BCUT2D eigenvalue weighted by Gasteiger charge is 2.23. The fraction of sp³-hybridized carbons (Fsp3) is 0.429. The third-order valence-electron chi connectivity index (χ3n) is 4.75. The first-order valence-corrected chi connectivity index (χ1v) is 9.17. The second-order valence-corrected chi connectivity index (χ2v) is 6.56. The van der Waals surface area contributed by atoms with Gasteiger partial charge in [-0.1, -0.05) is 18.2 Å². The molecule has 1 aliphatic heterocycles. The number of nitrogens with zero attached hydrogens (tertiary/aromatic N) is 2. The molecule has 1 aromatic carbocycles. The summed E-state index contributed by atoms with van der Waals surface area (Å²) in [5, 5.41) is 0. The number of likely N-dealkylation sites (tertiary alicyclic amines) is 1. The summed E-state index contributed by atoms with van der Waals surface area (Å²) in [6.07, 6.45) is 5.04. The molecule has 2 aromatic rings. The minimum atomic E-state index is 0.208. The van der Waals surface area contributed by atoms with Gasteiger partial charge in [-0.3, -0.25) is 9.78 Å². The average Bonchev–Trinajstić information content (AvgIpc) is 2.72. The molecule has 0 aliphatic carbocycles. The summed E-state index contributed by atoms with van der Waals surface area (Å²) in [6, 6.07) is 13.7. The Balaban J connectivity index is 1.39. The van der Waals surface area contributed by atoms with E-state index in [1.807, 2.05) is 47.4 Å². The van der Waals surface area contributed by atoms with Crippen LogP contribution >= 0.6 is 0 Å². The first kappa shape index (κ1) is 18.4. The topological polar surface area (TPSA) is 51.7 Å². The van der Waals surface area contributed by atoms with Crippen LogP contribution in [0.2, 0.25) is 0 Å². The van der Waals surface area contributed by atoms with Crippen molar-refractivity contribution < 1.29 is 14.3 Å². The van der Waals surface area contributed by atoms with Crippen molar-refractivity contribution in [2.24, 2.45) is 0 Å². The maximum absolute atomic E-state index is 12.5. The molecular weight excluding hydrogens is 328 g/mol. The number of benzene rings is 1. The summed E-state index contributed by atoms with van der Waals surface area (Å²) >= 11 is 0. The van der Waals surface area contributed by atoms with Crippen LogP contribution < -0.4 is 4.74 Å². The Morgan fingerprint density at radius 3 is 2.77 bits per heavy atom. The molecule has 2 heterocycles. The fourth-order valence-electron chi connectivity index (χ4n) is 3.20. The lowest BCUT2D eigenvalue weighted by Gasteiger charge is -2.32. The van der Waals surface area contributed by atoms with Crippen molar-refractivity contribution in [3.05, 3.63) is 59.9 Å². The summed E-state index contributed by atoms with van der Waals surface area (Å²) in [7, 11) is 1.66. The highest BCUT2D eigenvalue weighted by Crippen LogP contribution is 2.18. The van der Waals surface area contributed by atoms with Crippen LogP contribution in [0.25, 0.3) is 0 Å². The molecular formula is C21H26N2O3. The van der Waals surface area contributed by atoms with E-state index < -0.39 is 0 Å². The Hall–Kier alpha value is -2.40. The second kappa shape index (κ2) is 9.34. The number of pyridine rings is 1. The SMILES string of the molecule is COc1cccc(CCC(=O)N2CCC(OCc3ccccn3)CC2)c1. The van der Waals surface area contributed by atoms with Gasteiger partial charge in [-0.15, -0.1) is 0 Å². The van der Waals surface area contributed by atoms with Gasteiger partial charge >= 0.3 is 0 Å². The van der Waals surface area contributed by atoms with Crippen LogP contribution in [-0.4, -0.2) is 42.1 Å². The fourth-order valence-corrected chi connectivity index (χ4v) is 3.20. The highest BCUT2D eigenvalue weighted by atomic mass is 16.5. The molecule has 0 atom stereocenters. The Labute approximate surface area is 155 Å². The smallest absolute Gasteiger partial charge is 0.222 e. The maximum atomic E-state index is 12.5. The minimum absolute atomic E-state index is 0.208. The van der Waals surface area contributed by atoms with Gasteiger partial charge in [-0.25, -0.2) is 0 Å². The van der Waals surface area contributed by atoms with Crippen molar-refractivity contribution in [1.29, 1.82) is 0 Å². The number of rotatable bonds is 7. The van der Waals surface area contributed by atoms with Gasteiger partial charge in [-0.05, 0) is 49.1 Å². The number of aryl methyl sites for hydroxylation is 1. The van der Waals surface area contributed by atoms with Gasteiger partial charge in [0.2, 0.25) is 5.91 Å². The summed E-state index contributed by atoms with van der Waals surface area (Å²) in [5.74, 6) is 1.05. The van der Waals surface area contributed by atoms with E-state index >= 15 is 0 Å². The normalized spacial score (nSPS) is 15.0. The zero-order chi connectivity index (χ0) is 18.2. The number of hydrogen-bond acceptors (Lipinski definition) is 4. The van der Waals surface area contributed by atoms with Crippen LogP contribution in [0.3, 0.4) is 0 Å². The van der Waals surface area contributed by atoms with Crippen LogP contribution in [0.1, 0.15) is 30.5 Å². The molecule has 1 aromatic heterocycles. The van der Waals surface area contributed by atoms with Crippen molar-refractivity contribution in [2.75, 3.05) is 20.2 Å². The Kier molecular flexibility index (Phi) is 6.61. The molecule has 1 saturated heterocycles. The lowest BCUT2D eigenvalue weighted by Crippen LogP contribution is -2.41. The third kappa shape index (κ3) is 5.30. The third-order valence-corrected chi connectivity index (χ3v) is 4.75. The lowest BCUT2D eigenvalue weighted by molar-refractivity contribution is -0.134. The van der Waals surface area contributed by atoms with Crippen LogP contribution in [0.15, 0.2) is 48.7 Å². The number of ether oxygens (including phenoxy) is 2. The Morgan fingerprint density at radius 1 is 1.19 bits per heavy atom. The molecule has 5 heteroatoms. The number of aromatic nitrogens is 1. The van der Waals surface area contributed by atoms with Gasteiger partial charge in [0, 0.05) is 25.7 Å². The van der Waals surface area contributed by atoms with E-state index in [2.05, 4.69) is 4.98 Å². The summed E-state index contributed by atoms with van der Waals surface area (Å²) in [6.45, 7) is 2.07. The van der Waals surface area contributed by atoms with E-state index in [-0.39, 0.29) is 12.0 Å². The summed E-state index contributed by atoms with van der Waals surface area (Å²) < 4.78 is 11.2. The molecule has 0 radical (unpaired) electrons. The summed E-state index contributed by atoms with van der Waals surface area (Å²) in [5.41, 5.74) is 2.08. The van der Waals surface area contributed by atoms with Crippen molar-refractivity contribution in [2.45, 2.75) is 38.4 Å². The summed E-state index contributed by atoms with van der Waals surface area (Å²) in [4.78, 5) is 18.7. The van der Waals surface area contributed by atoms with Gasteiger partial charge in [-0.2, -0.15) is 0 Å². The van der Waals surface area contributed by atoms with Crippen molar-refractivity contribution in [1.82, 2.24) is 9.88 Å². The minimum Gasteiger partial charge on any atom is -0.497 e. The molecule has 0 saturated carbocycles. The van der Waals surface area contributed by atoms with E-state index in [9.17, 15) is 4.79 Å². The highest BCUT2D eigenvalue weighted by molar-refractivity contribution is 5.76. The van der Waals surface area contributed by atoms with Gasteiger partial charge in [0.05, 0.1) is 25.5 Å². The molecule has 26 heavy (non-hydrogen) atoms. The predicted molar refractivity (Wildman–Crippen MR) is 99.9 cm³/mol. The Morgan fingerprint density at radius 2 is 2.04 bits per heavy atom. The van der Waals surface area contributed by atoms with Gasteiger partial charge in [0.15, 0.2) is 0 Å². The monoisotopic (exact) mass is 354 g/mol. The molecule has 138 valence electrons. The number of carbonyl (C=O) groups excluding carboxylic acids is 1. The van der Waals surface area contributed by atoms with Gasteiger partial charge in [0.1, 0.15) is 5.75 Å². The van der Waals surface area contributed by atoms with E-state index in [0.29, 0.717) is 13.0 Å². The lowest BCUT2D eigenvalue weighted by atomic mass is 10.1. The zero-order valence-corrected chi connectivity index (χ0v) is 15.3. The van der Waals surface area contributed by atoms with E-state index in [4.69, 9.17) is 9.47 Å². The quantitative estimate of drug-likeness (QED) is 0.766. The maximum Gasteiger partial charge on any atom is 0.222 e. The largest absolute Gasteiger partial charge is 0.497 e. The molecule has 1 aliphatic rings. The van der Waals surface area contributed by atoms with Crippen LogP contribution in [-0.2, 0) is 22.6 Å². The molecule has 1 fully saturated rings. The molecule has 0 bridgehead atoms. The van der Waals surface area contributed by atoms with Crippen molar-refractivity contribution in [3.63, 3.8) is 0 Å². The van der Waals surface area contributed by atoms with Crippen LogP contribution in [0.5, 0.6) is 5.75 Å². The molecule has 5 nitrogen and oxygen atoms in total. The van der Waals surface area contributed by atoms with E-state index in [1.54, 1.807) is 13.3 Å². The average molecular weight is 354 g/mol. The number of methoxy groups -OCH3 is 1. The number of carbonyl (C=O) groups is 1. The second-order valence-electron chi connectivity index (χ2n) is 6.56. The number of hydrogen-bond donors (Lipinski definition) is 0. The standard InChI is InChI=1S/C21H26N2O3/c1-25-20-7-4-5-17(15-20)8-9-21(24)23-13-10-19(11-14-23)26-16-18-6-2-3-12-22-18/h2-7,12,15,19H,8-11,13-14,16H2,1H3. The zero-order valence-electron chi connectivity index (χ0n) is 15.3. The van der Waals surface area contributed by atoms with E-state index in [1.165, 1.54) is 0 Å². The van der Waals surface area contributed by atoms with Gasteiger partial charge in [0.25, 0.3) is 0 Å². The van der Waals surface area contributed by atoms with Crippen LogP contribution in [0.4, 0.5) is 0 Å². The van der Waals surface area contributed by atoms with Crippen LogP contribution in [0, 0.1) is 0 Å². The van der Waals surface area contributed by atoms with Crippen molar-refractivity contribution >= 4 is 5.91 Å². The van der Waals surface area contributed by atoms with E-state index in [0.717, 1.165) is 49.4 Å². The predicted octanol–water partition coefficient (Wildman–Crippen LogP) is 3.23. The first-order valence-electron chi connectivity index (χ1n) is 9.17. The molecule has 0 N–H and O–H groups in total.